The van der Waals surface area contributed by atoms with Gasteiger partial charge in [-0.25, -0.2) is 4.79 Å². The summed E-state index contributed by atoms with van der Waals surface area (Å²) in [6.45, 7) is 0.992. The lowest BCUT2D eigenvalue weighted by Crippen LogP contribution is -2.43. The highest BCUT2D eigenvalue weighted by Crippen LogP contribution is 2.27. The van der Waals surface area contributed by atoms with E-state index in [-0.39, 0.29) is 55.9 Å². The third-order valence-electron chi connectivity index (χ3n) is 6.98. The molecular formula is C28H33Cl2N5O9S. The molecule has 0 spiro atoms. The molecule has 3 heterocycles. The quantitative estimate of drug-likeness (QED) is 0.249. The van der Waals surface area contributed by atoms with E-state index in [1.807, 2.05) is 0 Å². The van der Waals surface area contributed by atoms with Gasteiger partial charge in [-0.3, -0.25) is 33.8 Å². The van der Waals surface area contributed by atoms with E-state index in [0.717, 1.165) is 16.2 Å². The first-order chi connectivity index (χ1) is 21.0. The Balaban J connectivity index is 0.00000552. The summed E-state index contributed by atoms with van der Waals surface area (Å²) in [5.74, 6) is -3.19. The number of thiophene rings is 1. The van der Waals surface area contributed by atoms with Crippen LogP contribution in [0.25, 0.3) is 0 Å². The minimum atomic E-state index is -1.17. The summed E-state index contributed by atoms with van der Waals surface area (Å²) in [4.78, 5) is 78.1. The Hall–Kier alpha value is -3.76. The molecule has 1 aromatic heterocycles. The maximum atomic E-state index is 13.3. The number of rotatable bonds is 14. The van der Waals surface area contributed by atoms with E-state index in [9.17, 15) is 28.8 Å². The van der Waals surface area contributed by atoms with Crippen molar-refractivity contribution in [3.63, 3.8) is 0 Å². The number of imide groups is 1. The molecule has 0 radical (unpaired) electrons. The number of carboxylic acid groups (broad SMARTS) is 1. The van der Waals surface area contributed by atoms with Crippen LogP contribution in [0.5, 0.6) is 0 Å². The molecule has 2 aromatic rings. The van der Waals surface area contributed by atoms with E-state index < -0.39 is 48.4 Å². The topological polar surface area (TPSA) is 189 Å². The summed E-state index contributed by atoms with van der Waals surface area (Å²) < 4.78 is 11.1. The monoisotopic (exact) mass is 685 g/mol. The second-order valence-corrected chi connectivity index (χ2v) is 11.8. The smallest absolute Gasteiger partial charge is 0.414 e. The van der Waals surface area contributed by atoms with Crippen LogP contribution >= 0.6 is 35.3 Å². The molecule has 2 fully saturated rings. The number of nitrogens with two attached hydrogens (primary N) is 1. The van der Waals surface area contributed by atoms with Crippen molar-refractivity contribution in [2.45, 2.75) is 37.8 Å². The van der Waals surface area contributed by atoms with Crippen molar-refractivity contribution >= 4 is 82.4 Å². The maximum absolute atomic E-state index is 13.3. The number of nitrogens with one attached hydrogen (secondary N) is 1. The molecule has 0 aliphatic carbocycles. The molecule has 2 saturated heterocycles. The zero-order valence-corrected chi connectivity index (χ0v) is 26.4. The van der Waals surface area contributed by atoms with E-state index in [4.69, 9.17) is 31.9 Å². The number of primary amides is 1. The fraction of sp³-hybridized carbons (Fsp3) is 0.429. The van der Waals surface area contributed by atoms with E-state index >= 15 is 0 Å². The van der Waals surface area contributed by atoms with E-state index in [1.165, 1.54) is 11.0 Å². The van der Waals surface area contributed by atoms with Crippen LogP contribution in [0.4, 0.5) is 16.2 Å². The molecule has 244 valence electrons. The average molecular weight is 687 g/mol. The Morgan fingerprint density at radius 3 is 2.38 bits per heavy atom. The molecule has 0 saturated carbocycles. The van der Waals surface area contributed by atoms with Crippen molar-refractivity contribution in [2.24, 2.45) is 5.73 Å². The number of amides is 5. The van der Waals surface area contributed by atoms with Gasteiger partial charge < -0.3 is 30.5 Å². The van der Waals surface area contributed by atoms with Gasteiger partial charge in [0.1, 0.15) is 12.7 Å². The number of hydrogen-bond acceptors (Lipinski definition) is 10. The molecule has 5 amide bonds. The summed E-state index contributed by atoms with van der Waals surface area (Å²) in [5.41, 5.74) is 6.43. The fourth-order valence-corrected chi connectivity index (χ4v) is 5.75. The summed E-state index contributed by atoms with van der Waals surface area (Å²) in [6, 6.07) is 8.85. The number of aliphatic carboxylic acids is 1. The van der Waals surface area contributed by atoms with E-state index in [1.54, 1.807) is 35.2 Å². The summed E-state index contributed by atoms with van der Waals surface area (Å²) in [7, 11) is 0. The van der Waals surface area contributed by atoms with E-state index in [0.29, 0.717) is 41.7 Å². The van der Waals surface area contributed by atoms with Gasteiger partial charge in [0, 0.05) is 24.3 Å². The van der Waals surface area contributed by atoms with Crippen molar-refractivity contribution < 1.29 is 43.3 Å². The lowest BCUT2D eigenvalue weighted by atomic mass is 10.1. The first-order valence-corrected chi connectivity index (χ1v) is 15.0. The number of unbranched alkanes of at least 4 members (excludes halogenated alkanes) is 1. The minimum Gasteiger partial charge on any atom is -0.481 e. The number of nitrogens with zero attached hydrogens (tertiary/aromatic N) is 3. The van der Waals surface area contributed by atoms with Gasteiger partial charge in [0.05, 0.1) is 41.4 Å². The second kappa shape index (κ2) is 16.5. The van der Waals surface area contributed by atoms with Gasteiger partial charge >= 0.3 is 12.1 Å². The fourth-order valence-electron chi connectivity index (χ4n) is 4.76. The molecule has 0 unspecified atom stereocenters. The van der Waals surface area contributed by atoms with Crippen LogP contribution < -0.4 is 20.9 Å². The number of anilines is 2. The van der Waals surface area contributed by atoms with Crippen LogP contribution in [0.1, 0.15) is 35.4 Å². The Kier molecular flexibility index (Phi) is 13.1. The number of halogens is 2. The predicted molar refractivity (Wildman–Crippen MR) is 167 cm³/mol. The van der Waals surface area contributed by atoms with Crippen molar-refractivity contribution in [1.29, 1.82) is 0 Å². The Bertz CT molecular complexity index is 1410. The van der Waals surface area contributed by atoms with E-state index in [2.05, 4.69) is 5.32 Å². The number of carboxylic acids is 1. The lowest BCUT2D eigenvalue weighted by molar-refractivity contribution is -0.139. The number of morpholine rings is 1. The highest BCUT2D eigenvalue weighted by Gasteiger charge is 2.36. The number of ether oxygens (including phenoxy) is 2. The summed E-state index contributed by atoms with van der Waals surface area (Å²) in [6.07, 6.45) is -1.21. The number of benzene rings is 1. The number of carbonyl (C=O) groups is 6. The summed E-state index contributed by atoms with van der Waals surface area (Å²) in [5, 5.41) is 11.7. The lowest BCUT2D eigenvalue weighted by Gasteiger charge is -2.27. The molecule has 4 N–H and O–H groups in total. The Labute approximate surface area is 273 Å². The molecule has 14 nitrogen and oxygen atoms in total. The van der Waals surface area contributed by atoms with Gasteiger partial charge in [-0.2, -0.15) is 0 Å². The number of cyclic esters (lactones) is 1. The molecule has 4 rings (SSSR count). The molecule has 0 bridgehead atoms. The third kappa shape index (κ3) is 9.61. The van der Waals surface area contributed by atoms with Crippen LogP contribution in [0.3, 0.4) is 0 Å². The highest BCUT2D eigenvalue weighted by atomic mass is 35.5. The molecule has 1 aromatic carbocycles. The van der Waals surface area contributed by atoms with Gasteiger partial charge in [-0.1, -0.05) is 11.6 Å². The molecular weight excluding hydrogens is 653 g/mol. The highest BCUT2D eigenvalue weighted by molar-refractivity contribution is 7.18. The second-order valence-electron chi connectivity index (χ2n) is 10.1. The molecule has 2 aliphatic rings. The van der Waals surface area contributed by atoms with Gasteiger partial charge in [0.2, 0.25) is 11.8 Å². The van der Waals surface area contributed by atoms with Crippen LogP contribution in [0.2, 0.25) is 4.34 Å². The van der Waals surface area contributed by atoms with Crippen molar-refractivity contribution in [1.82, 2.24) is 10.2 Å². The van der Waals surface area contributed by atoms with Gasteiger partial charge in [0.15, 0.2) is 0 Å². The van der Waals surface area contributed by atoms with Gasteiger partial charge in [-0.05, 0) is 55.8 Å². The zero-order chi connectivity index (χ0) is 31.8. The van der Waals surface area contributed by atoms with Crippen molar-refractivity contribution in [2.75, 3.05) is 49.2 Å². The zero-order valence-electron chi connectivity index (χ0n) is 24.0. The minimum absolute atomic E-state index is 0. The van der Waals surface area contributed by atoms with Gasteiger partial charge in [0.25, 0.3) is 11.8 Å². The number of carbonyl (C=O) groups excluding carboxylic acids is 5. The standard InChI is InChI=1S/C28H32ClN5O9S.ClH/c29-22-9-8-21(44-22)27(40)34(23(35)3-1-2-10-31-20(26(30)39)13-25(37)38)15-19-14-33(28(41)43-19)18-6-4-17(5-7-18)32-11-12-42-16-24(32)36;/h4-9,19-20,31H,1-3,10-16H2,(H2,30,39)(H,37,38);1H/t19-,20+;/m1./s1. The number of hydrogen-bond donors (Lipinski definition) is 3. The first kappa shape index (κ1) is 35.7. The molecule has 45 heavy (non-hydrogen) atoms. The Morgan fingerprint density at radius 2 is 1.78 bits per heavy atom. The van der Waals surface area contributed by atoms with Crippen LogP contribution in [-0.4, -0.2) is 97.2 Å². The first-order valence-electron chi connectivity index (χ1n) is 13.8. The van der Waals surface area contributed by atoms with Crippen molar-refractivity contribution in [3.05, 3.63) is 45.6 Å². The SMILES string of the molecule is Cl.NC(=O)[C@H](CC(=O)O)NCCCCC(=O)N(C[C@H]1CN(c2ccc(N3CCOCC3=O)cc2)C(=O)O1)C(=O)c1ccc(Cl)s1. The third-order valence-corrected chi connectivity index (χ3v) is 8.20. The molecule has 2 aliphatic heterocycles. The molecule has 17 heteroatoms. The van der Waals surface area contributed by atoms with Crippen molar-refractivity contribution in [3.8, 4) is 0 Å². The molecule has 2 atom stereocenters. The van der Waals surface area contributed by atoms with Crippen LogP contribution in [-0.2, 0) is 28.7 Å². The maximum Gasteiger partial charge on any atom is 0.414 e. The normalized spacial score (nSPS) is 17.0. The predicted octanol–water partition coefficient (Wildman–Crippen LogP) is 2.27. The van der Waals surface area contributed by atoms with Crippen LogP contribution in [0, 0.1) is 0 Å². The largest absolute Gasteiger partial charge is 0.481 e. The Morgan fingerprint density at radius 1 is 1.09 bits per heavy atom. The summed E-state index contributed by atoms with van der Waals surface area (Å²) >= 11 is 7.03. The van der Waals surface area contributed by atoms with Crippen LogP contribution in [0.15, 0.2) is 36.4 Å². The van der Waals surface area contributed by atoms with Gasteiger partial charge in [-0.15, -0.1) is 23.7 Å². The average Bonchev–Trinajstić information content (AvgIpc) is 3.59.